The van der Waals surface area contributed by atoms with Crippen LogP contribution in [0.15, 0.2) is 97.1 Å². The third kappa shape index (κ3) is 16.0. The highest BCUT2D eigenvalue weighted by Gasteiger charge is 2.06. The summed E-state index contributed by atoms with van der Waals surface area (Å²) in [6.07, 6.45) is 10.0. The summed E-state index contributed by atoms with van der Waals surface area (Å²) in [7, 11) is 0. The molecule has 0 radical (unpaired) electrons. The minimum Gasteiger partial charge on any atom is -0.326 e. The van der Waals surface area contributed by atoms with Crippen LogP contribution in [0.2, 0.25) is 0 Å². The molecule has 10 heteroatoms. The molecule has 0 bridgehead atoms. The fourth-order valence-electron chi connectivity index (χ4n) is 5.41. The van der Waals surface area contributed by atoms with Gasteiger partial charge in [-0.05, 0) is 85.1 Å². The second kappa shape index (κ2) is 22.7. The molecule has 0 atom stereocenters. The van der Waals surface area contributed by atoms with Gasteiger partial charge in [-0.3, -0.25) is 29.8 Å². The topological polar surface area (TPSA) is 144 Å². The summed E-state index contributed by atoms with van der Waals surface area (Å²) < 4.78 is 0. The number of hydrogen-bond acceptors (Lipinski definition) is 6. The molecule has 4 aromatic carbocycles. The minimum absolute atomic E-state index is 0.0228. The SMILES string of the molecule is O=C(CCCCCCCCCCCC(=O)Nc1cccc(C#CC#Cc2cccc([N+](=O)[O-])c2)c1)Nc1cccc(C#CC#Cc2cccc([N+](=O)[O-])c2)c1. The van der Waals surface area contributed by atoms with E-state index in [0.29, 0.717) is 46.5 Å². The van der Waals surface area contributed by atoms with Gasteiger partial charge < -0.3 is 10.6 Å². The summed E-state index contributed by atoms with van der Waals surface area (Å²) >= 11 is 0. The summed E-state index contributed by atoms with van der Waals surface area (Å²) in [5.74, 6) is 22.3. The number of anilines is 2. The summed E-state index contributed by atoms with van der Waals surface area (Å²) in [6.45, 7) is 0. The van der Waals surface area contributed by atoms with E-state index in [4.69, 9.17) is 0 Å². The fraction of sp³-hybridized carbons (Fsp3) is 0.244. The highest BCUT2D eigenvalue weighted by Crippen LogP contribution is 2.16. The van der Waals surface area contributed by atoms with Gasteiger partial charge in [-0.25, -0.2) is 0 Å². The van der Waals surface area contributed by atoms with E-state index in [1.54, 1.807) is 36.4 Å². The van der Waals surface area contributed by atoms with Crippen molar-refractivity contribution in [2.75, 3.05) is 10.6 Å². The largest absolute Gasteiger partial charge is 0.326 e. The van der Waals surface area contributed by atoms with Crippen LogP contribution < -0.4 is 10.6 Å². The van der Waals surface area contributed by atoms with Crippen molar-refractivity contribution in [1.82, 2.24) is 0 Å². The number of non-ortho nitro benzene ring substituents is 2. The quantitative estimate of drug-likeness (QED) is 0.0509. The Morgan fingerprint density at radius 3 is 1.11 bits per heavy atom. The molecule has 2 amide bonds. The molecule has 0 saturated carbocycles. The van der Waals surface area contributed by atoms with Crippen molar-refractivity contribution in [3.05, 3.63) is 140 Å². The fourth-order valence-corrected chi connectivity index (χ4v) is 5.41. The number of nitro benzene ring substituents is 2. The van der Waals surface area contributed by atoms with Crippen molar-refractivity contribution >= 4 is 34.6 Å². The smallest absolute Gasteiger partial charge is 0.270 e. The van der Waals surface area contributed by atoms with Crippen LogP contribution in [0.5, 0.6) is 0 Å². The molecule has 0 aliphatic rings. The van der Waals surface area contributed by atoms with Crippen LogP contribution in [-0.2, 0) is 9.59 Å². The maximum absolute atomic E-state index is 12.5. The number of hydrogen-bond donors (Lipinski definition) is 2. The first-order valence-corrected chi connectivity index (χ1v) is 18.1. The van der Waals surface area contributed by atoms with E-state index >= 15 is 0 Å². The Labute approximate surface area is 321 Å². The number of nitrogens with zero attached hydrogens (tertiary/aromatic N) is 2. The molecule has 0 aromatic heterocycles. The molecule has 55 heavy (non-hydrogen) atoms. The van der Waals surface area contributed by atoms with Gasteiger partial charge in [0.2, 0.25) is 11.8 Å². The minimum atomic E-state index is -0.466. The van der Waals surface area contributed by atoms with Crippen LogP contribution in [-0.4, -0.2) is 21.7 Å². The maximum Gasteiger partial charge on any atom is 0.270 e. The highest BCUT2D eigenvalue weighted by molar-refractivity contribution is 5.91. The lowest BCUT2D eigenvalue weighted by Crippen LogP contribution is -2.11. The molecule has 0 heterocycles. The molecule has 0 aliphatic heterocycles. The number of rotatable bonds is 16. The van der Waals surface area contributed by atoms with Gasteiger partial charge in [0, 0.05) is 70.7 Å². The second-order valence-electron chi connectivity index (χ2n) is 12.6. The predicted molar refractivity (Wildman–Crippen MR) is 215 cm³/mol. The van der Waals surface area contributed by atoms with Crippen molar-refractivity contribution in [2.24, 2.45) is 0 Å². The maximum atomic E-state index is 12.5. The van der Waals surface area contributed by atoms with Crippen molar-refractivity contribution in [2.45, 2.75) is 70.6 Å². The first-order chi connectivity index (χ1) is 26.7. The average Bonchev–Trinajstić information content (AvgIpc) is 3.18. The molecule has 276 valence electrons. The Morgan fingerprint density at radius 1 is 0.455 bits per heavy atom. The van der Waals surface area contributed by atoms with Gasteiger partial charge in [0.15, 0.2) is 0 Å². The van der Waals surface area contributed by atoms with E-state index in [9.17, 15) is 29.8 Å². The summed E-state index contributed by atoms with van der Waals surface area (Å²) in [5, 5.41) is 27.7. The third-order valence-corrected chi connectivity index (χ3v) is 8.17. The molecule has 0 aliphatic carbocycles. The molecule has 4 rings (SSSR count). The summed E-state index contributed by atoms with van der Waals surface area (Å²) in [4.78, 5) is 45.8. The molecule has 0 unspecified atom stereocenters. The Kier molecular flexibility index (Phi) is 16.8. The van der Waals surface area contributed by atoms with Gasteiger partial charge in [0.1, 0.15) is 0 Å². The zero-order valence-corrected chi connectivity index (χ0v) is 30.4. The normalized spacial score (nSPS) is 9.75. The van der Waals surface area contributed by atoms with E-state index in [1.165, 1.54) is 24.3 Å². The molecule has 2 N–H and O–H groups in total. The van der Waals surface area contributed by atoms with Crippen LogP contribution >= 0.6 is 0 Å². The van der Waals surface area contributed by atoms with Crippen LogP contribution in [0.25, 0.3) is 0 Å². The monoisotopic (exact) mass is 732 g/mol. The predicted octanol–water partition coefficient (Wildman–Crippen LogP) is 9.18. The zero-order chi connectivity index (χ0) is 39.1. The lowest BCUT2D eigenvalue weighted by molar-refractivity contribution is -0.385. The van der Waals surface area contributed by atoms with Gasteiger partial charge in [-0.1, -0.05) is 92.9 Å². The van der Waals surface area contributed by atoms with Crippen molar-refractivity contribution in [3.63, 3.8) is 0 Å². The molecule has 0 fully saturated rings. The van der Waals surface area contributed by atoms with Gasteiger partial charge in [-0.15, -0.1) is 0 Å². The Morgan fingerprint density at radius 2 is 0.764 bits per heavy atom. The molecule has 10 nitrogen and oxygen atoms in total. The number of amides is 2. The Hall–Kier alpha value is -7.14. The third-order valence-electron chi connectivity index (χ3n) is 8.17. The van der Waals surface area contributed by atoms with Crippen LogP contribution in [0.3, 0.4) is 0 Å². The zero-order valence-electron chi connectivity index (χ0n) is 30.4. The molecule has 0 saturated heterocycles. The number of nitro groups is 2. The van der Waals surface area contributed by atoms with Crippen LogP contribution in [0.1, 0.15) is 92.9 Å². The van der Waals surface area contributed by atoms with Gasteiger partial charge in [-0.2, -0.15) is 0 Å². The molecular weight excluding hydrogens is 693 g/mol. The van der Waals surface area contributed by atoms with Gasteiger partial charge in [0.05, 0.1) is 9.85 Å². The number of carbonyl (C=O) groups excluding carboxylic acids is 2. The van der Waals surface area contributed by atoms with E-state index in [-0.39, 0.29) is 23.2 Å². The lowest BCUT2D eigenvalue weighted by atomic mass is 10.1. The molecule has 4 aromatic rings. The summed E-state index contributed by atoms with van der Waals surface area (Å²) in [5.41, 5.74) is 3.71. The highest BCUT2D eigenvalue weighted by atomic mass is 16.6. The number of benzene rings is 4. The van der Waals surface area contributed by atoms with Crippen LogP contribution in [0, 0.1) is 67.6 Å². The summed E-state index contributed by atoms with van der Waals surface area (Å²) in [6, 6.07) is 26.6. The first-order valence-electron chi connectivity index (χ1n) is 18.1. The average molecular weight is 733 g/mol. The second-order valence-corrected chi connectivity index (χ2v) is 12.6. The number of unbranched alkanes of at least 4 members (excludes halogenated alkanes) is 8. The molecule has 0 spiro atoms. The molecular formula is C45H40N4O6. The number of carbonyl (C=O) groups is 2. The van der Waals surface area contributed by atoms with E-state index < -0.39 is 9.85 Å². The lowest BCUT2D eigenvalue weighted by Gasteiger charge is -2.06. The Bertz CT molecular complexity index is 2090. The van der Waals surface area contributed by atoms with Gasteiger partial charge >= 0.3 is 0 Å². The first kappa shape index (κ1) is 40.6. The van der Waals surface area contributed by atoms with E-state index in [1.807, 2.05) is 36.4 Å². The van der Waals surface area contributed by atoms with Crippen molar-refractivity contribution in [1.29, 1.82) is 0 Å². The standard InChI is InChI=1S/C45H40N4O6/c50-44(46-40-26-14-22-36(32-40)18-10-12-20-38-24-16-28-42(34-38)48(52)53)30-8-6-4-2-1-3-5-7-9-31-45(51)47-41-27-15-23-37(33-41)19-11-13-21-39-25-17-29-43(35-39)49(54)55/h14-17,22-29,32-35H,1-9,30-31H2,(H,46,50)(H,47,51). The van der Waals surface area contributed by atoms with E-state index in [0.717, 1.165) is 57.8 Å². The van der Waals surface area contributed by atoms with Crippen LogP contribution in [0.4, 0.5) is 22.7 Å². The van der Waals surface area contributed by atoms with E-state index in [2.05, 4.69) is 58.0 Å². The van der Waals surface area contributed by atoms with Gasteiger partial charge in [0.25, 0.3) is 11.4 Å². The van der Waals surface area contributed by atoms with Crippen molar-refractivity contribution in [3.8, 4) is 47.4 Å². The van der Waals surface area contributed by atoms with Crippen molar-refractivity contribution < 1.29 is 19.4 Å². The number of nitrogens with one attached hydrogen (secondary N) is 2. The Balaban J connectivity index is 1.02.